The molecule has 1 N–H and O–H groups in total. The van der Waals surface area contributed by atoms with E-state index in [9.17, 15) is 9.59 Å². The number of nitrogens with one attached hydrogen (secondary N) is 1. The molecule has 0 atom stereocenters. The first-order chi connectivity index (χ1) is 9.63. The molecule has 20 heavy (non-hydrogen) atoms. The molecule has 0 saturated carbocycles. The van der Waals surface area contributed by atoms with E-state index in [1.54, 1.807) is 28.8 Å². The van der Waals surface area contributed by atoms with Gasteiger partial charge in [0.1, 0.15) is 4.53 Å². The molecule has 102 valence electrons. The number of benzene rings is 1. The summed E-state index contributed by atoms with van der Waals surface area (Å²) >= 11 is 7.07. The average molecular weight is 308 g/mol. The van der Waals surface area contributed by atoms with Crippen molar-refractivity contribution in [3.8, 4) is 0 Å². The molecule has 0 bridgehead atoms. The molecule has 5 nitrogen and oxygen atoms in total. The monoisotopic (exact) mass is 307 g/mol. The SMILES string of the molecule is O=C(/C=c1\sc2n(c1=O)CCN=2)Nc1cccc(Cl)c1. The molecule has 1 aromatic carbocycles. The van der Waals surface area contributed by atoms with Gasteiger partial charge in [-0.05, 0) is 18.2 Å². The number of amides is 1. The molecule has 1 aliphatic heterocycles. The third-order valence-electron chi connectivity index (χ3n) is 2.81. The van der Waals surface area contributed by atoms with Crippen LogP contribution in [0.15, 0.2) is 34.1 Å². The highest BCUT2D eigenvalue weighted by Crippen LogP contribution is 2.14. The third kappa shape index (κ3) is 2.52. The van der Waals surface area contributed by atoms with Gasteiger partial charge in [0.05, 0.1) is 6.54 Å². The van der Waals surface area contributed by atoms with Crippen LogP contribution >= 0.6 is 22.9 Å². The van der Waals surface area contributed by atoms with E-state index in [1.807, 2.05) is 0 Å². The number of hydrogen-bond acceptors (Lipinski definition) is 4. The molecule has 0 saturated heterocycles. The molecule has 0 spiro atoms. The van der Waals surface area contributed by atoms with Gasteiger partial charge in [-0.15, -0.1) is 0 Å². The first-order valence-electron chi connectivity index (χ1n) is 5.96. The maximum absolute atomic E-state index is 12.0. The zero-order chi connectivity index (χ0) is 14.1. The maximum atomic E-state index is 12.0. The first kappa shape index (κ1) is 13.1. The standard InChI is InChI=1S/C13H10ClN3O2S/c14-8-2-1-3-9(6-8)16-11(18)7-10-12(19)17-5-4-15-13(17)20-10/h1-3,6-7H,4-5H2,(H,16,18)/b10-7-. The van der Waals surface area contributed by atoms with Crippen LogP contribution in [0.5, 0.6) is 0 Å². The lowest BCUT2D eigenvalue weighted by Crippen LogP contribution is -2.30. The molecule has 0 aliphatic carbocycles. The van der Waals surface area contributed by atoms with Crippen LogP contribution in [0.25, 0.3) is 6.08 Å². The number of fused-ring (bicyclic) bond motifs is 1. The molecule has 7 heteroatoms. The molecule has 2 heterocycles. The van der Waals surface area contributed by atoms with Crippen LogP contribution in [0.3, 0.4) is 0 Å². The number of carbonyl (C=O) groups excluding carboxylic acids is 1. The molecular weight excluding hydrogens is 298 g/mol. The predicted octanol–water partition coefficient (Wildman–Crippen LogP) is 0.616. The van der Waals surface area contributed by atoms with Crippen molar-refractivity contribution in [3.05, 3.63) is 49.0 Å². The Kier molecular flexibility index (Phi) is 3.42. The van der Waals surface area contributed by atoms with Crippen LogP contribution < -0.4 is 20.2 Å². The number of anilines is 1. The molecular formula is C13H10ClN3O2S. The number of rotatable bonds is 2. The van der Waals surface area contributed by atoms with Crippen LogP contribution in [0.1, 0.15) is 0 Å². The minimum Gasteiger partial charge on any atom is -0.322 e. The number of nitrogens with zero attached hydrogens (tertiary/aromatic N) is 2. The minimum atomic E-state index is -0.357. The van der Waals surface area contributed by atoms with Gasteiger partial charge in [-0.3, -0.25) is 19.1 Å². The van der Waals surface area contributed by atoms with Crippen molar-refractivity contribution in [2.75, 3.05) is 11.9 Å². The second-order valence-corrected chi connectivity index (χ2v) is 5.68. The summed E-state index contributed by atoms with van der Waals surface area (Å²) < 4.78 is 1.98. The van der Waals surface area contributed by atoms with Crippen molar-refractivity contribution in [2.24, 2.45) is 4.99 Å². The summed E-state index contributed by atoms with van der Waals surface area (Å²) in [4.78, 5) is 28.7. The van der Waals surface area contributed by atoms with Crippen molar-refractivity contribution in [1.29, 1.82) is 0 Å². The van der Waals surface area contributed by atoms with E-state index < -0.39 is 0 Å². The van der Waals surface area contributed by atoms with E-state index in [0.717, 1.165) is 0 Å². The highest BCUT2D eigenvalue weighted by Gasteiger charge is 2.10. The van der Waals surface area contributed by atoms with Gasteiger partial charge in [-0.1, -0.05) is 29.0 Å². The van der Waals surface area contributed by atoms with Crippen LogP contribution in [-0.2, 0) is 11.3 Å². The van der Waals surface area contributed by atoms with Crippen molar-refractivity contribution >= 4 is 40.6 Å². The number of carbonyl (C=O) groups is 1. The molecule has 1 amide bonds. The van der Waals surface area contributed by atoms with Gasteiger partial charge in [0.25, 0.3) is 5.56 Å². The average Bonchev–Trinajstić information content (AvgIpc) is 2.94. The minimum absolute atomic E-state index is 0.160. The Morgan fingerprint density at radius 1 is 1.50 bits per heavy atom. The van der Waals surface area contributed by atoms with Crippen LogP contribution in [0.2, 0.25) is 5.02 Å². The van der Waals surface area contributed by atoms with Crippen molar-refractivity contribution < 1.29 is 4.79 Å². The first-order valence-corrected chi connectivity index (χ1v) is 7.15. The maximum Gasteiger partial charge on any atom is 0.270 e. The Balaban J connectivity index is 1.89. The highest BCUT2D eigenvalue weighted by atomic mass is 35.5. The van der Waals surface area contributed by atoms with Crippen LogP contribution in [0.4, 0.5) is 5.69 Å². The van der Waals surface area contributed by atoms with Gasteiger partial charge < -0.3 is 5.32 Å². The molecule has 1 aromatic heterocycles. The smallest absolute Gasteiger partial charge is 0.270 e. The fourth-order valence-electron chi connectivity index (χ4n) is 1.93. The van der Waals surface area contributed by atoms with Gasteiger partial charge in [-0.2, -0.15) is 0 Å². The topological polar surface area (TPSA) is 63.5 Å². The zero-order valence-corrected chi connectivity index (χ0v) is 11.9. The zero-order valence-electron chi connectivity index (χ0n) is 10.3. The number of hydrogen-bond donors (Lipinski definition) is 1. The van der Waals surface area contributed by atoms with Crippen molar-refractivity contribution in [1.82, 2.24) is 4.57 Å². The van der Waals surface area contributed by atoms with E-state index in [0.29, 0.717) is 33.1 Å². The summed E-state index contributed by atoms with van der Waals surface area (Å²) in [6.45, 7) is 1.23. The van der Waals surface area contributed by atoms with Gasteiger partial charge >= 0.3 is 0 Å². The van der Waals surface area contributed by atoms with Crippen LogP contribution in [-0.4, -0.2) is 17.0 Å². The Morgan fingerprint density at radius 3 is 3.10 bits per heavy atom. The lowest BCUT2D eigenvalue weighted by molar-refractivity contribution is -0.110. The second-order valence-electron chi connectivity index (χ2n) is 4.23. The summed E-state index contributed by atoms with van der Waals surface area (Å²) in [5.74, 6) is -0.357. The molecule has 2 aromatic rings. The highest BCUT2D eigenvalue weighted by molar-refractivity contribution is 7.07. The number of halogens is 1. The summed E-state index contributed by atoms with van der Waals surface area (Å²) in [5.41, 5.74) is 0.431. The molecule has 3 rings (SSSR count). The van der Waals surface area contributed by atoms with Gasteiger partial charge in [-0.25, -0.2) is 0 Å². The molecule has 0 unspecified atom stereocenters. The third-order valence-corrected chi connectivity index (χ3v) is 4.09. The quantitative estimate of drug-likeness (QED) is 0.884. The summed E-state index contributed by atoms with van der Waals surface area (Å²) in [6.07, 6.45) is 1.30. The number of aromatic nitrogens is 1. The Morgan fingerprint density at radius 2 is 2.35 bits per heavy atom. The van der Waals surface area contributed by atoms with E-state index in [-0.39, 0.29) is 11.5 Å². The molecule has 0 radical (unpaired) electrons. The Labute approximate surface area is 122 Å². The van der Waals surface area contributed by atoms with E-state index in [4.69, 9.17) is 11.6 Å². The predicted molar refractivity (Wildman–Crippen MR) is 78.8 cm³/mol. The van der Waals surface area contributed by atoms with E-state index in [1.165, 1.54) is 17.4 Å². The van der Waals surface area contributed by atoms with E-state index in [2.05, 4.69) is 10.3 Å². The van der Waals surface area contributed by atoms with Gasteiger partial charge in [0.2, 0.25) is 5.91 Å². The largest absolute Gasteiger partial charge is 0.322 e. The van der Waals surface area contributed by atoms with Crippen molar-refractivity contribution in [2.45, 2.75) is 6.54 Å². The second kappa shape index (κ2) is 5.22. The van der Waals surface area contributed by atoms with Crippen LogP contribution in [0, 0.1) is 0 Å². The lowest BCUT2D eigenvalue weighted by atomic mass is 10.3. The Hall–Kier alpha value is -1.92. The number of thiazole rings is 1. The normalized spacial score (nSPS) is 13.9. The molecule has 0 fully saturated rings. The summed E-state index contributed by atoms with van der Waals surface area (Å²) in [6, 6.07) is 6.84. The van der Waals surface area contributed by atoms with E-state index >= 15 is 0 Å². The summed E-state index contributed by atoms with van der Waals surface area (Å²) in [5, 5.41) is 3.21. The van der Waals surface area contributed by atoms with Crippen molar-refractivity contribution in [3.63, 3.8) is 0 Å². The van der Waals surface area contributed by atoms with Gasteiger partial charge in [0.15, 0.2) is 4.80 Å². The lowest BCUT2D eigenvalue weighted by Gasteiger charge is -2.01. The fourth-order valence-corrected chi connectivity index (χ4v) is 3.12. The fraction of sp³-hybridized carbons (Fsp3) is 0.154. The molecule has 1 aliphatic rings. The summed E-state index contributed by atoms with van der Waals surface area (Å²) in [7, 11) is 0. The Bertz CT molecular complexity index is 853. The van der Waals surface area contributed by atoms with Gasteiger partial charge in [0, 0.05) is 23.3 Å².